The Hall–Kier alpha value is -2.54. The maximum absolute atomic E-state index is 13.8. The van der Waals surface area contributed by atoms with Crippen LogP contribution in [0.3, 0.4) is 0 Å². The van der Waals surface area contributed by atoms with Gasteiger partial charge in [-0.3, -0.25) is 9.59 Å². The quantitative estimate of drug-likeness (QED) is 0.616. The van der Waals surface area contributed by atoms with Crippen LogP contribution in [0.5, 0.6) is 5.75 Å². The van der Waals surface area contributed by atoms with Gasteiger partial charge in [-0.15, -0.1) is 11.8 Å². The Morgan fingerprint density at radius 1 is 1.13 bits per heavy atom. The van der Waals surface area contributed by atoms with Gasteiger partial charge in [-0.2, -0.15) is 0 Å². The average Bonchev–Trinajstić information content (AvgIpc) is 2.72. The van der Waals surface area contributed by atoms with Crippen LogP contribution in [0.2, 0.25) is 0 Å². The molecule has 2 aromatic carbocycles. The molecule has 0 aliphatic heterocycles. The van der Waals surface area contributed by atoms with Crippen molar-refractivity contribution in [3.8, 4) is 5.75 Å². The van der Waals surface area contributed by atoms with Crippen LogP contribution in [0.25, 0.3) is 0 Å². The molecule has 0 heterocycles. The van der Waals surface area contributed by atoms with E-state index < -0.39 is 6.04 Å². The Bertz CT molecular complexity index is 860. The van der Waals surface area contributed by atoms with Gasteiger partial charge in [-0.1, -0.05) is 30.3 Å². The van der Waals surface area contributed by atoms with E-state index in [1.54, 1.807) is 37.1 Å². The van der Waals surface area contributed by atoms with E-state index in [-0.39, 0.29) is 36.0 Å². The Balaban J connectivity index is 2.11. The number of methoxy groups -OCH3 is 1. The van der Waals surface area contributed by atoms with E-state index in [9.17, 15) is 14.0 Å². The Kier molecular flexibility index (Phi) is 9.17. The van der Waals surface area contributed by atoms with E-state index in [0.717, 1.165) is 5.56 Å². The third-order valence-electron chi connectivity index (χ3n) is 4.53. The summed E-state index contributed by atoms with van der Waals surface area (Å²) in [6.07, 6.45) is 0. The number of benzene rings is 2. The van der Waals surface area contributed by atoms with Gasteiger partial charge in [0.25, 0.3) is 0 Å². The first-order valence-electron chi connectivity index (χ1n) is 9.85. The second-order valence-corrected chi connectivity index (χ2v) is 8.28. The minimum Gasteiger partial charge on any atom is -0.497 e. The fourth-order valence-electron chi connectivity index (χ4n) is 2.90. The molecule has 0 bridgehead atoms. The van der Waals surface area contributed by atoms with Gasteiger partial charge >= 0.3 is 0 Å². The molecule has 1 atom stereocenters. The molecule has 2 amide bonds. The summed E-state index contributed by atoms with van der Waals surface area (Å²) in [5.74, 6) is 0.560. The van der Waals surface area contributed by atoms with Crippen molar-refractivity contribution in [1.82, 2.24) is 10.2 Å². The summed E-state index contributed by atoms with van der Waals surface area (Å²) >= 11 is 1.33. The number of hydrogen-bond acceptors (Lipinski definition) is 4. The molecule has 0 saturated carbocycles. The molecule has 2 aromatic rings. The number of amides is 2. The highest BCUT2D eigenvalue weighted by Gasteiger charge is 2.26. The molecule has 0 aliphatic rings. The number of nitrogens with zero attached hydrogens (tertiary/aromatic N) is 1. The van der Waals surface area contributed by atoms with Crippen molar-refractivity contribution in [3.63, 3.8) is 0 Å². The van der Waals surface area contributed by atoms with Crippen molar-refractivity contribution in [2.24, 2.45) is 0 Å². The standard InChI is InChI=1S/C23H29FN2O3S/c1-16(2)25-23(28)17(3)26(13-18-8-7-10-20(12-18)29-4)22(27)15-30-14-19-9-5-6-11-21(19)24/h5-12,16-17H,13-15H2,1-4H3,(H,25,28)/t17-/m0/s1. The number of halogens is 1. The fourth-order valence-corrected chi connectivity index (χ4v) is 3.80. The number of carbonyl (C=O) groups is 2. The highest BCUT2D eigenvalue weighted by Crippen LogP contribution is 2.19. The zero-order chi connectivity index (χ0) is 22.1. The van der Waals surface area contributed by atoms with Crippen LogP contribution >= 0.6 is 11.8 Å². The third kappa shape index (κ3) is 7.06. The lowest BCUT2D eigenvalue weighted by Crippen LogP contribution is -2.49. The smallest absolute Gasteiger partial charge is 0.242 e. The average molecular weight is 433 g/mol. The van der Waals surface area contributed by atoms with Crippen molar-refractivity contribution in [1.29, 1.82) is 0 Å². The molecule has 0 fully saturated rings. The number of hydrogen-bond donors (Lipinski definition) is 1. The third-order valence-corrected chi connectivity index (χ3v) is 5.49. The van der Waals surface area contributed by atoms with Crippen molar-refractivity contribution >= 4 is 23.6 Å². The summed E-state index contributed by atoms with van der Waals surface area (Å²) in [5, 5.41) is 2.86. The van der Waals surface area contributed by atoms with E-state index in [1.165, 1.54) is 17.8 Å². The van der Waals surface area contributed by atoms with Gasteiger partial charge in [-0.05, 0) is 50.1 Å². The molecule has 0 spiro atoms. The molecule has 7 heteroatoms. The summed E-state index contributed by atoms with van der Waals surface area (Å²) in [4.78, 5) is 27.1. The fraction of sp³-hybridized carbons (Fsp3) is 0.391. The molecule has 1 N–H and O–H groups in total. The van der Waals surface area contributed by atoms with Crippen LogP contribution in [0.4, 0.5) is 4.39 Å². The van der Waals surface area contributed by atoms with Gasteiger partial charge < -0.3 is 15.0 Å². The number of nitrogens with one attached hydrogen (secondary N) is 1. The molecule has 0 aliphatic carbocycles. The minimum absolute atomic E-state index is 0.0239. The summed E-state index contributed by atoms with van der Waals surface area (Å²) < 4.78 is 19.1. The zero-order valence-electron chi connectivity index (χ0n) is 17.9. The van der Waals surface area contributed by atoms with Crippen molar-refractivity contribution in [3.05, 3.63) is 65.5 Å². The first-order chi connectivity index (χ1) is 14.3. The molecule has 5 nitrogen and oxygen atoms in total. The Labute approximate surface area is 182 Å². The highest BCUT2D eigenvalue weighted by molar-refractivity contribution is 7.99. The van der Waals surface area contributed by atoms with Gasteiger partial charge in [0.1, 0.15) is 17.6 Å². The summed E-state index contributed by atoms with van der Waals surface area (Å²) in [6, 6.07) is 13.3. The van der Waals surface area contributed by atoms with Crippen molar-refractivity contribution in [2.75, 3.05) is 12.9 Å². The van der Waals surface area contributed by atoms with Crippen LogP contribution in [-0.2, 0) is 21.9 Å². The molecule has 0 saturated heterocycles. The van der Waals surface area contributed by atoms with Crippen LogP contribution in [0.15, 0.2) is 48.5 Å². The van der Waals surface area contributed by atoms with E-state index in [0.29, 0.717) is 17.1 Å². The van der Waals surface area contributed by atoms with Crippen molar-refractivity contribution < 1.29 is 18.7 Å². The monoisotopic (exact) mass is 432 g/mol. The summed E-state index contributed by atoms with van der Waals surface area (Å²) in [5.41, 5.74) is 1.42. The molecule has 0 aromatic heterocycles. The molecule has 0 radical (unpaired) electrons. The number of carbonyl (C=O) groups excluding carboxylic acids is 2. The van der Waals surface area contributed by atoms with Crippen LogP contribution in [-0.4, -0.2) is 41.7 Å². The Morgan fingerprint density at radius 2 is 1.87 bits per heavy atom. The predicted octanol–water partition coefficient (Wildman–Crippen LogP) is 4.01. The molecule has 2 rings (SSSR count). The van der Waals surface area contributed by atoms with Crippen LogP contribution in [0.1, 0.15) is 31.9 Å². The maximum atomic E-state index is 13.8. The maximum Gasteiger partial charge on any atom is 0.242 e. The van der Waals surface area contributed by atoms with Gasteiger partial charge in [0.05, 0.1) is 12.9 Å². The van der Waals surface area contributed by atoms with Crippen LogP contribution < -0.4 is 10.1 Å². The second-order valence-electron chi connectivity index (χ2n) is 7.30. The van der Waals surface area contributed by atoms with Gasteiger partial charge in [0.15, 0.2) is 0 Å². The summed E-state index contributed by atoms with van der Waals surface area (Å²) in [6.45, 7) is 5.76. The van der Waals surface area contributed by atoms with Gasteiger partial charge in [0, 0.05) is 18.3 Å². The SMILES string of the molecule is COc1cccc(CN(C(=O)CSCc2ccccc2F)[C@@H](C)C(=O)NC(C)C)c1. The predicted molar refractivity (Wildman–Crippen MR) is 119 cm³/mol. The lowest BCUT2D eigenvalue weighted by Gasteiger charge is -2.29. The van der Waals surface area contributed by atoms with E-state index in [1.807, 2.05) is 38.1 Å². The van der Waals surface area contributed by atoms with E-state index in [4.69, 9.17) is 4.74 Å². The van der Waals surface area contributed by atoms with Crippen molar-refractivity contribution in [2.45, 2.75) is 45.2 Å². The van der Waals surface area contributed by atoms with Gasteiger partial charge in [-0.25, -0.2) is 4.39 Å². The largest absolute Gasteiger partial charge is 0.497 e. The lowest BCUT2D eigenvalue weighted by atomic mass is 10.1. The molecule has 162 valence electrons. The molecular weight excluding hydrogens is 403 g/mol. The first kappa shape index (κ1) is 23.7. The minimum atomic E-state index is -0.639. The van der Waals surface area contributed by atoms with E-state index >= 15 is 0 Å². The number of ether oxygens (including phenoxy) is 1. The number of rotatable bonds is 10. The highest BCUT2D eigenvalue weighted by atomic mass is 32.2. The Morgan fingerprint density at radius 3 is 2.53 bits per heavy atom. The summed E-state index contributed by atoms with van der Waals surface area (Å²) in [7, 11) is 1.58. The first-order valence-corrected chi connectivity index (χ1v) is 11.0. The van der Waals surface area contributed by atoms with Gasteiger partial charge in [0.2, 0.25) is 11.8 Å². The normalized spacial score (nSPS) is 11.8. The van der Waals surface area contributed by atoms with Crippen LogP contribution in [0, 0.1) is 5.82 Å². The topological polar surface area (TPSA) is 58.6 Å². The zero-order valence-corrected chi connectivity index (χ0v) is 18.7. The number of thioether (sulfide) groups is 1. The second kappa shape index (κ2) is 11.6. The van der Waals surface area contributed by atoms with E-state index in [2.05, 4.69) is 5.32 Å². The molecular formula is C23H29FN2O3S. The lowest BCUT2D eigenvalue weighted by molar-refractivity contribution is -0.138. The molecule has 0 unspecified atom stereocenters. The molecule has 30 heavy (non-hydrogen) atoms.